The Morgan fingerprint density at radius 1 is 1.12 bits per heavy atom. The molecule has 2 aromatic rings. The number of halogens is 1. The summed E-state index contributed by atoms with van der Waals surface area (Å²) in [7, 11) is 2.04. The first-order valence-corrected chi connectivity index (χ1v) is 9.41. The lowest BCUT2D eigenvalue weighted by Crippen LogP contribution is -3.08. The topological polar surface area (TPSA) is 33.5 Å². The van der Waals surface area contributed by atoms with Gasteiger partial charge in [-0.05, 0) is 51.5 Å². The molecule has 2 N–H and O–H groups in total. The van der Waals surface area contributed by atoms with Gasteiger partial charge in [0, 0.05) is 10.0 Å². The van der Waals surface area contributed by atoms with Gasteiger partial charge in [0.1, 0.15) is 6.54 Å². The molecule has 2 rings (SSSR count). The number of hydrogen-bond donors (Lipinski definition) is 2. The van der Waals surface area contributed by atoms with E-state index in [0.29, 0.717) is 6.54 Å². The number of aryl methyl sites for hydroxylation is 1. The van der Waals surface area contributed by atoms with Crippen LogP contribution in [0.5, 0.6) is 0 Å². The van der Waals surface area contributed by atoms with E-state index < -0.39 is 0 Å². The number of carbonyl (C=O) groups excluding carboxylic acids is 1. The highest BCUT2D eigenvalue weighted by atomic mass is 79.9. The number of benzene rings is 2. The molecule has 0 saturated carbocycles. The van der Waals surface area contributed by atoms with Crippen molar-refractivity contribution in [3.8, 4) is 0 Å². The summed E-state index contributed by atoms with van der Waals surface area (Å²) < 4.78 is 0.913. The minimum absolute atomic E-state index is 0.0216. The average molecular weight is 404 g/mol. The number of anilines is 1. The van der Waals surface area contributed by atoms with Crippen LogP contribution in [0.25, 0.3) is 0 Å². The second kappa shape index (κ2) is 8.15. The number of hydrogen-bond acceptors (Lipinski definition) is 1. The molecule has 0 aromatic heterocycles. The van der Waals surface area contributed by atoms with Crippen LogP contribution in [0.2, 0.25) is 0 Å². The molecule has 0 spiro atoms. The monoisotopic (exact) mass is 403 g/mol. The van der Waals surface area contributed by atoms with E-state index >= 15 is 0 Å². The maximum atomic E-state index is 12.3. The van der Waals surface area contributed by atoms with Crippen molar-refractivity contribution in [3.63, 3.8) is 0 Å². The van der Waals surface area contributed by atoms with E-state index in [4.69, 9.17) is 0 Å². The van der Waals surface area contributed by atoms with Gasteiger partial charge in [0.05, 0.1) is 12.7 Å². The Bertz CT molecular complexity index is 733. The Balaban J connectivity index is 1.91. The second-order valence-corrected chi connectivity index (χ2v) is 8.64. The Morgan fingerprint density at radius 3 is 2.32 bits per heavy atom. The zero-order valence-electron chi connectivity index (χ0n) is 15.7. The van der Waals surface area contributed by atoms with E-state index in [9.17, 15) is 4.79 Å². The fourth-order valence-corrected chi connectivity index (χ4v) is 3.32. The number of rotatable bonds is 5. The number of nitrogens with one attached hydrogen (secondary N) is 2. The van der Waals surface area contributed by atoms with E-state index in [1.807, 2.05) is 32.2 Å². The maximum Gasteiger partial charge on any atom is 0.279 e. The van der Waals surface area contributed by atoms with Crippen LogP contribution in [0.15, 0.2) is 46.9 Å². The van der Waals surface area contributed by atoms with Crippen molar-refractivity contribution in [1.82, 2.24) is 0 Å². The fourth-order valence-electron chi connectivity index (χ4n) is 2.72. The first kappa shape index (κ1) is 19.7. The SMILES string of the molecule is Cc1ccc(NC(=O)C[NH+](C)Cc2ccc(C(C)(C)C)cc2)c(Br)c1. The average Bonchev–Trinajstić information content (AvgIpc) is 2.49. The van der Waals surface area contributed by atoms with Crippen molar-refractivity contribution in [2.75, 3.05) is 18.9 Å². The zero-order chi connectivity index (χ0) is 18.6. The van der Waals surface area contributed by atoms with E-state index in [2.05, 4.69) is 66.3 Å². The van der Waals surface area contributed by atoms with Crippen molar-refractivity contribution in [1.29, 1.82) is 0 Å². The fraction of sp³-hybridized carbons (Fsp3) is 0.381. The van der Waals surface area contributed by atoms with Crippen LogP contribution < -0.4 is 10.2 Å². The number of amides is 1. The molecule has 1 unspecified atom stereocenters. The van der Waals surface area contributed by atoms with Crippen LogP contribution in [0, 0.1) is 6.92 Å². The van der Waals surface area contributed by atoms with Crippen molar-refractivity contribution in [2.45, 2.75) is 39.7 Å². The zero-order valence-corrected chi connectivity index (χ0v) is 17.3. The van der Waals surface area contributed by atoms with Gasteiger partial charge in [-0.1, -0.05) is 51.1 Å². The van der Waals surface area contributed by atoms with Crippen LogP contribution in [-0.2, 0) is 16.8 Å². The Hall–Kier alpha value is -1.65. The molecule has 1 amide bonds. The second-order valence-electron chi connectivity index (χ2n) is 7.79. The minimum atomic E-state index is 0.0216. The molecule has 3 nitrogen and oxygen atoms in total. The highest BCUT2D eigenvalue weighted by molar-refractivity contribution is 9.10. The van der Waals surface area contributed by atoms with Gasteiger partial charge in [0.15, 0.2) is 6.54 Å². The molecule has 0 saturated heterocycles. The molecule has 2 aromatic carbocycles. The normalized spacial score (nSPS) is 12.7. The quantitative estimate of drug-likeness (QED) is 0.783. The Kier molecular flexibility index (Phi) is 6.42. The Labute approximate surface area is 159 Å². The molecule has 0 heterocycles. The molecule has 0 aliphatic rings. The van der Waals surface area contributed by atoms with Crippen molar-refractivity contribution in [3.05, 3.63) is 63.6 Å². The summed E-state index contributed by atoms with van der Waals surface area (Å²) in [4.78, 5) is 13.4. The third-order valence-corrected chi connectivity index (χ3v) is 4.84. The summed E-state index contributed by atoms with van der Waals surface area (Å²) in [5.41, 5.74) is 4.72. The predicted octanol–water partition coefficient (Wildman–Crippen LogP) is 3.71. The lowest BCUT2D eigenvalue weighted by molar-refractivity contribution is -0.885. The van der Waals surface area contributed by atoms with Crippen molar-refractivity contribution < 1.29 is 9.69 Å². The summed E-state index contributed by atoms with van der Waals surface area (Å²) >= 11 is 3.50. The maximum absolute atomic E-state index is 12.3. The molecule has 0 fully saturated rings. The van der Waals surface area contributed by atoms with Gasteiger partial charge in [-0.3, -0.25) is 4.79 Å². The van der Waals surface area contributed by atoms with Gasteiger partial charge in [0.25, 0.3) is 5.91 Å². The first-order chi connectivity index (χ1) is 11.6. The van der Waals surface area contributed by atoms with Gasteiger partial charge in [0.2, 0.25) is 0 Å². The van der Waals surface area contributed by atoms with E-state index in [1.54, 1.807) is 0 Å². The largest absolute Gasteiger partial charge is 0.326 e. The summed E-state index contributed by atoms with van der Waals surface area (Å²) in [5.74, 6) is 0.0216. The van der Waals surface area contributed by atoms with Crippen LogP contribution in [-0.4, -0.2) is 19.5 Å². The summed E-state index contributed by atoms with van der Waals surface area (Å²) in [6.07, 6.45) is 0. The molecular formula is C21H28BrN2O+. The number of carbonyl (C=O) groups is 1. The van der Waals surface area contributed by atoms with Gasteiger partial charge in [-0.15, -0.1) is 0 Å². The van der Waals surface area contributed by atoms with Crippen LogP contribution in [0.4, 0.5) is 5.69 Å². The van der Waals surface area contributed by atoms with E-state index in [0.717, 1.165) is 27.2 Å². The highest BCUT2D eigenvalue weighted by Crippen LogP contribution is 2.23. The standard InChI is InChI=1S/C21H27BrN2O/c1-15-6-11-19(18(22)12-15)23-20(25)14-24(5)13-16-7-9-17(10-8-16)21(2,3)4/h6-12H,13-14H2,1-5H3,(H,23,25)/p+1. The number of likely N-dealkylation sites (N-methyl/N-ethyl adjacent to an activating group) is 1. The molecule has 0 radical (unpaired) electrons. The molecular weight excluding hydrogens is 376 g/mol. The predicted molar refractivity (Wildman–Crippen MR) is 108 cm³/mol. The van der Waals surface area contributed by atoms with Gasteiger partial charge >= 0.3 is 0 Å². The molecule has 0 aliphatic carbocycles. The summed E-state index contributed by atoms with van der Waals surface area (Å²) in [6, 6.07) is 14.6. The van der Waals surface area contributed by atoms with Crippen molar-refractivity contribution >= 4 is 27.5 Å². The molecule has 1 atom stereocenters. The smallest absolute Gasteiger partial charge is 0.279 e. The lowest BCUT2D eigenvalue weighted by Gasteiger charge is -2.20. The summed E-state index contributed by atoms with van der Waals surface area (Å²) in [5, 5.41) is 2.98. The third kappa shape index (κ3) is 5.98. The van der Waals surface area contributed by atoms with Gasteiger partial charge in [-0.2, -0.15) is 0 Å². The Morgan fingerprint density at radius 2 is 1.76 bits per heavy atom. The number of quaternary nitrogens is 1. The molecule has 0 bridgehead atoms. The van der Waals surface area contributed by atoms with Crippen LogP contribution in [0.1, 0.15) is 37.5 Å². The molecule has 4 heteroatoms. The van der Waals surface area contributed by atoms with Gasteiger partial charge < -0.3 is 10.2 Å². The molecule has 25 heavy (non-hydrogen) atoms. The van der Waals surface area contributed by atoms with E-state index in [1.165, 1.54) is 11.1 Å². The van der Waals surface area contributed by atoms with E-state index in [-0.39, 0.29) is 11.3 Å². The minimum Gasteiger partial charge on any atom is -0.326 e. The first-order valence-electron chi connectivity index (χ1n) is 8.62. The van der Waals surface area contributed by atoms with Crippen molar-refractivity contribution in [2.24, 2.45) is 0 Å². The van der Waals surface area contributed by atoms with Crippen LogP contribution in [0.3, 0.4) is 0 Å². The van der Waals surface area contributed by atoms with Crippen LogP contribution >= 0.6 is 15.9 Å². The lowest BCUT2D eigenvalue weighted by atomic mass is 9.87. The highest BCUT2D eigenvalue weighted by Gasteiger charge is 2.15. The molecule has 0 aliphatic heterocycles. The molecule has 134 valence electrons. The third-order valence-electron chi connectivity index (χ3n) is 4.19. The summed E-state index contributed by atoms with van der Waals surface area (Å²) in [6.45, 7) is 9.93. The van der Waals surface area contributed by atoms with Gasteiger partial charge in [-0.25, -0.2) is 0 Å².